The van der Waals surface area contributed by atoms with E-state index < -0.39 is 10.0 Å². The van der Waals surface area contributed by atoms with Crippen molar-refractivity contribution in [1.29, 1.82) is 0 Å². The monoisotopic (exact) mass is 485 g/mol. The van der Waals surface area contributed by atoms with Crippen LogP contribution < -0.4 is 14.4 Å². The van der Waals surface area contributed by atoms with Gasteiger partial charge in [-0.3, -0.25) is 0 Å². The largest absolute Gasteiger partial charge is 0.481 e. The molecule has 7 heteroatoms. The summed E-state index contributed by atoms with van der Waals surface area (Å²) >= 11 is 0. The maximum absolute atomic E-state index is 13.1. The van der Waals surface area contributed by atoms with Gasteiger partial charge in [-0.2, -0.15) is 0 Å². The number of fused-ring (bicyclic) bond motifs is 1. The van der Waals surface area contributed by atoms with Gasteiger partial charge in [-0.05, 0) is 53.4 Å². The van der Waals surface area contributed by atoms with Crippen molar-refractivity contribution < 1.29 is 13.2 Å². The van der Waals surface area contributed by atoms with Gasteiger partial charge in [-0.25, -0.2) is 18.1 Å². The summed E-state index contributed by atoms with van der Waals surface area (Å²) < 4.78 is 34.3. The highest BCUT2D eigenvalue weighted by atomic mass is 32.2. The molecule has 3 aromatic carbocycles. The lowest BCUT2D eigenvalue weighted by Gasteiger charge is -2.36. The molecule has 1 atom stereocenters. The third kappa shape index (κ3) is 5.21. The lowest BCUT2D eigenvalue weighted by atomic mass is 9.94. The van der Waals surface area contributed by atoms with Gasteiger partial charge in [-0.15, -0.1) is 0 Å². The Morgan fingerprint density at radius 2 is 1.66 bits per heavy atom. The second-order valence-electron chi connectivity index (χ2n) is 8.63. The molecule has 2 heterocycles. The Bertz CT molecular complexity index is 1390. The first-order chi connectivity index (χ1) is 17.0. The average molecular weight is 486 g/mol. The van der Waals surface area contributed by atoms with Crippen molar-refractivity contribution in [2.24, 2.45) is 0 Å². The van der Waals surface area contributed by atoms with Crippen LogP contribution in [-0.4, -0.2) is 33.1 Å². The second-order valence-corrected chi connectivity index (χ2v) is 10.3. The van der Waals surface area contributed by atoms with Crippen molar-refractivity contribution in [2.45, 2.75) is 23.9 Å². The van der Waals surface area contributed by atoms with Crippen LogP contribution in [0.4, 0.5) is 5.69 Å². The van der Waals surface area contributed by atoms with Crippen LogP contribution in [0.3, 0.4) is 0 Å². The number of hydrogen-bond acceptors (Lipinski definition) is 5. The minimum atomic E-state index is -3.63. The Balaban J connectivity index is 1.47. The molecule has 0 aliphatic carbocycles. The average Bonchev–Trinajstić information content (AvgIpc) is 2.89. The highest BCUT2D eigenvalue weighted by Crippen LogP contribution is 2.33. The zero-order chi connectivity index (χ0) is 24.3. The molecule has 4 aromatic rings. The molecule has 1 aromatic heterocycles. The summed E-state index contributed by atoms with van der Waals surface area (Å²) in [7, 11) is -2.03. The van der Waals surface area contributed by atoms with E-state index >= 15 is 0 Å². The van der Waals surface area contributed by atoms with Crippen LogP contribution in [0.1, 0.15) is 11.1 Å². The Morgan fingerprint density at radius 3 is 2.34 bits per heavy atom. The van der Waals surface area contributed by atoms with Gasteiger partial charge in [-0.1, -0.05) is 54.6 Å². The number of methoxy groups -OCH3 is 1. The number of benzene rings is 3. The van der Waals surface area contributed by atoms with Gasteiger partial charge in [0.1, 0.15) is 0 Å². The molecule has 6 nitrogen and oxygen atoms in total. The molecule has 0 saturated heterocycles. The first kappa shape index (κ1) is 23.1. The van der Waals surface area contributed by atoms with E-state index in [9.17, 15) is 8.42 Å². The molecule has 1 aliphatic rings. The molecule has 0 spiro atoms. The molecule has 0 radical (unpaired) electrons. The van der Waals surface area contributed by atoms with Crippen molar-refractivity contribution in [1.82, 2.24) is 9.71 Å². The summed E-state index contributed by atoms with van der Waals surface area (Å²) in [6.45, 7) is 1.28. The van der Waals surface area contributed by atoms with Crippen LogP contribution in [0.25, 0.3) is 11.1 Å². The summed E-state index contributed by atoms with van der Waals surface area (Å²) in [5.41, 5.74) is 5.41. The summed E-state index contributed by atoms with van der Waals surface area (Å²) in [6, 6.07) is 28.7. The molecular formula is C28H27N3O3S. The Morgan fingerprint density at radius 1 is 0.943 bits per heavy atom. The lowest BCUT2D eigenvalue weighted by Crippen LogP contribution is -2.48. The standard InChI is InChI=1S/C28H27N3O3S/c1-34-28-15-13-23(18-29-28)22-12-14-27-24(16-22)17-25(20-31(27)19-21-8-4-2-5-9-21)30-35(32,33)26-10-6-3-7-11-26/h2-16,18,25,30H,17,19-20H2,1H3. The Hall–Kier alpha value is -3.68. The Labute approximate surface area is 206 Å². The highest BCUT2D eigenvalue weighted by molar-refractivity contribution is 7.89. The fourth-order valence-electron chi connectivity index (χ4n) is 4.52. The molecule has 0 saturated carbocycles. The summed E-state index contributed by atoms with van der Waals surface area (Å²) in [6.07, 6.45) is 2.39. The highest BCUT2D eigenvalue weighted by Gasteiger charge is 2.28. The third-order valence-electron chi connectivity index (χ3n) is 6.20. The van der Waals surface area contributed by atoms with E-state index in [-0.39, 0.29) is 10.9 Å². The lowest BCUT2D eigenvalue weighted by molar-refractivity contribution is 0.398. The van der Waals surface area contributed by atoms with Crippen LogP contribution >= 0.6 is 0 Å². The second kappa shape index (κ2) is 9.90. The third-order valence-corrected chi connectivity index (χ3v) is 7.73. The van der Waals surface area contributed by atoms with Crippen molar-refractivity contribution in [3.8, 4) is 17.0 Å². The smallest absolute Gasteiger partial charge is 0.240 e. The van der Waals surface area contributed by atoms with Gasteiger partial charge < -0.3 is 9.64 Å². The van der Waals surface area contributed by atoms with Crippen LogP contribution in [0.5, 0.6) is 5.88 Å². The normalized spacial score (nSPS) is 15.5. The zero-order valence-electron chi connectivity index (χ0n) is 19.5. The first-order valence-electron chi connectivity index (χ1n) is 11.5. The van der Waals surface area contributed by atoms with E-state index in [1.165, 1.54) is 5.56 Å². The zero-order valence-corrected chi connectivity index (χ0v) is 20.3. The number of rotatable bonds is 7. The van der Waals surface area contributed by atoms with Gasteiger partial charge >= 0.3 is 0 Å². The molecule has 0 amide bonds. The van der Waals surface area contributed by atoms with Crippen molar-refractivity contribution in [3.05, 3.63) is 108 Å². The first-order valence-corrected chi connectivity index (χ1v) is 13.0. The van der Waals surface area contributed by atoms with Gasteiger partial charge in [0.05, 0.1) is 12.0 Å². The Kier molecular flexibility index (Phi) is 6.53. The SMILES string of the molecule is COc1ccc(-c2ccc3c(c2)CC(NS(=O)(=O)c2ccccc2)CN3Cc2ccccc2)cn1. The minimum Gasteiger partial charge on any atom is -0.481 e. The molecule has 1 unspecified atom stereocenters. The molecule has 1 aliphatic heterocycles. The fraction of sp³-hybridized carbons (Fsp3) is 0.179. The van der Waals surface area contributed by atoms with Crippen LogP contribution in [0, 0.1) is 0 Å². The number of sulfonamides is 1. The number of hydrogen-bond donors (Lipinski definition) is 1. The van der Waals surface area contributed by atoms with Gasteiger partial charge in [0.15, 0.2) is 0 Å². The minimum absolute atomic E-state index is 0.263. The molecule has 178 valence electrons. The van der Waals surface area contributed by atoms with Crippen molar-refractivity contribution in [3.63, 3.8) is 0 Å². The van der Waals surface area contributed by atoms with Gasteiger partial charge in [0.2, 0.25) is 15.9 Å². The number of aromatic nitrogens is 1. The molecule has 0 bridgehead atoms. The number of nitrogens with one attached hydrogen (secondary N) is 1. The maximum Gasteiger partial charge on any atom is 0.240 e. The molecular weight excluding hydrogens is 458 g/mol. The van der Waals surface area contributed by atoms with Crippen LogP contribution in [0.15, 0.2) is 102 Å². The fourth-order valence-corrected chi connectivity index (χ4v) is 5.77. The molecule has 35 heavy (non-hydrogen) atoms. The maximum atomic E-state index is 13.1. The predicted octanol–water partition coefficient (Wildman–Crippen LogP) is 4.67. The molecule has 0 fully saturated rings. The quantitative estimate of drug-likeness (QED) is 0.412. The molecule has 5 rings (SSSR count). The van der Waals surface area contributed by atoms with Crippen LogP contribution in [0.2, 0.25) is 0 Å². The number of ether oxygens (including phenoxy) is 1. The number of nitrogens with zero attached hydrogens (tertiary/aromatic N) is 2. The summed E-state index contributed by atoms with van der Waals surface area (Å²) in [4.78, 5) is 6.86. The van der Waals surface area contributed by atoms with E-state index in [2.05, 4.69) is 44.9 Å². The van der Waals surface area contributed by atoms with E-state index in [1.54, 1.807) is 37.6 Å². The topological polar surface area (TPSA) is 71.5 Å². The summed E-state index contributed by atoms with van der Waals surface area (Å²) in [5.74, 6) is 0.566. The molecule has 1 N–H and O–H groups in total. The number of anilines is 1. The van der Waals surface area contributed by atoms with Gasteiger partial charge in [0.25, 0.3) is 0 Å². The van der Waals surface area contributed by atoms with E-state index in [1.807, 2.05) is 36.4 Å². The van der Waals surface area contributed by atoms with E-state index in [0.29, 0.717) is 25.4 Å². The van der Waals surface area contributed by atoms with Crippen molar-refractivity contribution >= 4 is 15.7 Å². The van der Waals surface area contributed by atoms with E-state index in [4.69, 9.17) is 4.74 Å². The predicted molar refractivity (Wildman–Crippen MR) is 138 cm³/mol. The van der Waals surface area contributed by atoms with Crippen LogP contribution in [-0.2, 0) is 23.0 Å². The number of pyridine rings is 1. The summed E-state index contributed by atoms with van der Waals surface area (Å²) in [5, 5.41) is 0. The van der Waals surface area contributed by atoms with Gasteiger partial charge in [0, 0.05) is 42.6 Å². The van der Waals surface area contributed by atoms with Crippen molar-refractivity contribution in [2.75, 3.05) is 18.6 Å². The van der Waals surface area contributed by atoms with E-state index in [0.717, 1.165) is 22.4 Å².